The summed E-state index contributed by atoms with van der Waals surface area (Å²) in [6.07, 6.45) is 1.30. The zero-order chi connectivity index (χ0) is 11.7. The molecule has 1 aromatic heterocycles. The zero-order valence-corrected chi connectivity index (χ0v) is 8.33. The molecule has 1 aromatic carbocycles. The summed E-state index contributed by atoms with van der Waals surface area (Å²) < 4.78 is 30.9. The monoisotopic (exact) mass is 223 g/mol. The van der Waals surface area contributed by atoms with Crippen molar-refractivity contribution in [2.75, 3.05) is 7.11 Å². The van der Waals surface area contributed by atoms with Crippen LogP contribution in [0.15, 0.2) is 24.4 Å². The third kappa shape index (κ3) is 1.60. The van der Waals surface area contributed by atoms with E-state index in [1.807, 2.05) is 0 Å². The number of esters is 1. The van der Waals surface area contributed by atoms with Crippen LogP contribution in [0.2, 0.25) is 0 Å². The highest BCUT2D eigenvalue weighted by atomic mass is 19.1. The highest BCUT2D eigenvalue weighted by Gasteiger charge is 2.16. The van der Waals surface area contributed by atoms with Gasteiger partial charge in [0.1, 0.15) is 11.6 Å². The lowest BCUT2D eigenvalue weighted by molar-refractivity contribution is 0.0596. The van der Waals surface area contributed by atoms with E-state index in [1.54, 1.807) is 0 Å². The number of rotatable bonds is 1. The molecular weight excluding hydrogens is 216 g/mol. The molecule has 5 heteroatoms. The van der Waals surface area contributed by atoms with Crippen LogP contribution in [-0.4, -0.2) is 18.1 Å². The van der Waals surface area contributed by atoms with Gasteiger partial charge in [-0.25, -0.2) is 18.6 Å². The van der Waals surface area contributed by atoms with Crippen LogP contribution >= 0.6 is 0 Å². The van der Waals surface area contributed by atoms with Crippen LogP contribution in [0.3, 0.4) is 0 Å². The molecule has 3 nitrogen and oxygen atoms in total. The predicted molar refractivity (Wildman–Crippen MR) is 53.0 cm³/mol. The van der Waals surface area contributed by atoms with Crippen molar-refractivity contribution in [2.24, 2.45) is 0 Å². The van der Waals surface area contributed by atoms with E-state index >= 15 is 0 Å². The second-order valence-corrected chi connectivity index (χ2v) is 3.14. The summed E-state index contributed by atoms with van der Waals surface area (Å²) in [7, 11) is 1.17. The molecule has 0 radical (unpaired) electrons. The van der Waals surface area contributed by atoms with Gasteiger partial charge in [0.2, 0.25) is 0 Å². The number of nitrogens with zero attached hydrogens (tertiary/aromatic N) is 1. The van der Waals surface area contributed by atoms with E-state index in [0.717, 1.165) is 6.07 Å². The van der Waals surface area contributed by atoms with Gasteiger partial charge in [-0.2, -0.15) is 0 Å². The van der Waals surface area contributed by atoms with Crippen molar-refractivity contribution >= 4 is 16.7 Å². The average molecular weight is 223 g/mol. The lowest BCUT2D eigenvalue weighted by atomic mass is 10.1. The molecule has 2 rings (SSSR count). The molecule has 0 unspecified atom stereocenters. The van der Waals surface area contributed by atoms with Gasteiger partial charge in [-0.1, -0.05) is 0 Å². The van der Waals surface area contributed by atoms with Gasteiger partial charge in [0.15, 0.2) is 5.69 Å². The summed E-state index contributed by atoms with van der Waals surface area (Å²) in [4.78, 5) is 15.1. The molecular formula is C11H7F2NO2. The van der Waals surface area contributed by atoms with E-state index in [9.17, 15) is 13.6 Å². The molecule has 0 N–H and O–H groups in total. The van der Waals surface area contributed by atoms with Crippen LogP contribution in [0.5, 0.6) is 0 Å². The number of fused-ring (bicyclic) bond motifs is 1. The minimum absolute atomic E-state index is 0.0317. The second-order valence-electron chi connectivity index (χ2n) is 3.14. The first kappa shape index (κ1) is 10.5. The SMILES string of the molecule is COC(=O)c1nccc2cc(F)cc(F)c12. The number of carbonyl (C=O) groups excluding carboxylic acids is 1. The topological polar surface area (TPSA) is 39.2 Å². The van der Waals surface area contributed by atoms with Gasteiger partial charge < -0.3 is 4.74 Å². The van der Waals surface area contributed by atoms with Crippen molar-refractivity contribution in [3.05, 3.63) is 41.7 Å². The smallest absolute Gasteiger partial charge is 0.357 e. The second kappa shape index (κ2) is 3.84. The summed E-state index contributed by atoms with van der Waals surface area (Å²) >= 11 is 0. The van der Waals surface area contributed by atoms with Crippen LogP contribution in [0, 0.1) is 11.6 Å². The molecule has 0 spiro atoms. The van der Waals surface area contributed by atoms with Crippen molar-refractivity contribution in [1.29, 1.82) is 0 Å². The molecule has 0 atom stereocenters. The Morgan fingerprint density at radius 1 is 1.38 bits per heavy atom. The third-order valence-corrected chi connectivity index (χ3v) is 2.16. The van der Waals surface area contributed by atoms with Crippen molar-refractivity contribution in [3.8, 4) is 0 Å². The van der Waals surface area contributed by atoms with Crippen LogP contribution in [0.1, 0.15) is 10.5 Å². The Balaban J connectivity index is 2.81. The van der Waals surface area contributed by atoms with E-state index in [0.29, 0.717) is 6.07 Å². The molecule has 1 heterocycles. The maximum atomic E-state index is 13.5. The lowest BCUT2D eigenvalue weighted by Gasteiger charge is -2.04. The molecule has 0 fully saturated rings. The molecule has 0 saturated heterocycles. The standard InChI is InChI=1S/C11H7F2NO2/c1-16-11(15)10-9-6(2-3-14-10)4-7(12)5-8(9)13/h2-5H,1H3. The number of ether oxygens (including phenoxy) is 1. The fraction of sp³-hybridized carbons (Fsp3) is 0.0909. The first-order valence-electron chi connectivity index (χ1n) is 4.45. The highest BCUT2D eigenvalue weighted by molar-refractivity contribution is 6.02. The summed E-state index contributed by atoms with van der Waals surface area (Å²) in [5.74, 6) is -2.29. The number of aromatic nitrogens is 1. The maximum Gasteiger partial charge on any atom is 0.357 e. The number of hydrogen-bond acceptors (Lipinski definition) is 3. The molecule has 2 aromatic rings. The van der Waals surface area contributed by atoms with Gasteiger partial charge in [-0.3, -0.25) is 0 Å². The van der Waals surface area contributed by atoms with Crippen LogP contribution in [-0.2, 0) is 4.74 Å². The number of benzene rings is 1. The highest BCUT2D eigenvalue weighted by Crippen LogP contribution is 2.22. The average Bonchev–Trinajstić information content (AvgIpc) is 2.26. The Labute approximate surface area is 89.7 Å². The Morgan fingerprint density at radius 3 is 2.81 bits per heavy atom. The summed E-state index contributed by atoms with van der Waals surface area (Å²) in [5, 5.41) is 0.239. The van der Waals surface area contributed by atoms with Gasteiger partial charge in [0.25, 0.3) is 0 Å². The molecule has 0 aliphatic carbocycles. The summed E-state index contributed by atoms with van der Waals surface area (Å²) in [6, 6.07) is 3.26. The van der Waals surface area contributed by atoms with E-state index in [2.05, 4.69) is 9.72 Å². The Bertz CT molecular complexity index is 569. The maximum absolute atomic E-state index is 13.5. The number of halogens is 2. The lowest BCUT2D eigenvalue weighted by Crippen LogP contribution is -2.06. The minimum atomic E-state index is -0.830. The Hall–Kier alpha value is -2.04. The van der Waals surface area contributed by atoms with E-state index in [-0.39, 0.29) is 16.5 Å². The number of pyridine rings is 1. The number of methoxy groups -OCH3 is 1. The van der Waals surface area contributed by atoms with Crippen molar-refractivity contribution in [2.45, 2.75) is 0 Å². The number of hydrogen-bond donors (Lipinski definition) is 0. The van der Waals surface area contributed by atoms with Crippen LogP contribution in [0.25, 0.3) is 10.8 Å². The fourth-order valence-electron chi connectivity index (χ4n) is 1.48. The molecule has 0 aliphatic heterocycles. The van der Waals surface area contributed by atoms with E-state index in [4.69, 9.17) is 0 Å². The molecule has 82 valence electrons. The van der Waals surface area contributed by atoms with Crippen LogP contribution in [0.4, 0.5) is 8.78 Å². The fourth-order valence-corrected chi connectivity index (χ4v) is 1.48. The normalized spacial score (nSPS) is 10.4. The predicted octanol–water partition coefficient (Wildman–Crippen LogP) is 2.30. The van der Waals surface area contributed by atoms with Crippen molar-refractivity contribution in [1.82, 2.24) is 4.98 Å². The Kier molecular flexibility index (Phi) is 2.52. The third-order valence-electron chi connectivity index (χ3n) is 2.16. The number of carbonyl (C=O) groups is 1. The van der Waals surface area contributed by atoms with Crippen molar-refractivity contribution < 1.29 is 18.3 Å². The molecule has 16 heavy (non-hydrogen) atoms. The first-order chi connectivity index (χ1) is 7.63. The first-order valence-corrected chi connectivity index (χ1v) is 4.45. The zero-order valence-electron chi connectivity index (χ0n) is 8.33. The van der Waals surface area contributed by atoms with E-state index < -0.39 is 17.6 Å². The minimum Gasteiger partial charge on any atom is -0.464 e. The van der Waals surface area contributed by atoms with Gasteiger partial charge in [0.05, 0.1) is 12.5 Å². The van der Waals surface area contributed by atoms with Crippen molar-refractivity contribution in [3.63, 3.8) is 0 Å². The van der Waals surface area contributed by atoms with Crippen LogP contribution < -0.4 is 0 Å². The molecule has 0 amide bonds. The van der Waals surface area contributed by atoms with Gasteiger partial charge in [-0.15, -0.1) is 0 Å². The largest absolute Gasteiger partial charge is 0.464 e. The quantitative estimate of drug-likeness (QED) is 0.696. The van der Waals surface area contributed by atoms with Gasteiger partial charge >= 0.3 is 5.97 Å². The Morgan fingerprint density at radius 2 is 2.12 bits per heavy atom. The van der Waals surface area contributed by atoms with Gasteiger partial charge in [0, 0.05) is 12.3 Å². The molecule has 0 bridgehead atoms. The molecule has 0 saturated carbocycles. The van der Waals surface area contributed by atoms with E-state index in [1.165, 1.54) is 19.4 Å². The summed E-state index contributed by atoms with van der Waals surface area (Å²) in [5.41, 5.74) is -0.155. The van der Waals surface area contributed by atoms with Gasteiger partial charge in [-0.05, 0) is 17.5 Å². The summed E-state index contributed by atoms with van der Waals surface area (Å²) in [6.45, 7) is 0. The molecule has 0 aliphatic rings.